The number of hydrogen-bond acceptors (Lipinski definition) is 5. The first-order chi connectivity index (χ1) is 15.0. The van der Waals surface area contributed by atoms with E-state index in [1.54, 1.807) is 41.0 Å². The zero-order chi connectivity index (χ0) is 22.0. The molecule has 7 nitrogen and oxygen atoms in total. The highest BCUT2D eigenvalue weighted by atomic mass is 35.5. The van der Waals surface area contributed by atoms with Crippen molar-refractivity contribution in [2.24, 2.45) is 0 Å². The Bertz CT molecular complexity index is 1270. The SMILES string of the molecule is COc1ccc2c(c1)c(C(=O)C(=O)Nc1ncccn1)c(Cl)n2Cc1ccc(Cl)cc1. The van der Waals surface area contributed by atoms with Gasteiger partial charge in [0.2, 0.25) is 5.95 Å². The molecular weight excluding hydrogens is 439 g/mol. The number of nitrogens with one attached hydrogen (secondary N) is 1. The highest BCUT2D eigenvalue weighted by molar-refractivity contribution is 6.51. The van der Waals surface area contributed by atoms with E-state index in [2.05, 4.69) is 15.3 Å². The molecule has 0 unspecified atom stereocenters. The van der Waals surface area contributed by atoms with Crippen LogP contribution in [-0.2, 0) is 11.3 Å². The topological polar surface area (TPSA) is 86.1 Å². The minimum Gasteiger partial charge on any atom is -0.497 e. The number of amides is 1. The van der Waals surface area contributed by atoms with E-state index in [0.717, 1.165) is 5.56 Å². The molecule has 0 saturated heterocycles. The lowest BCUT2D eigenvalue weighted by Crippen LogP contribution is -2.24. The fourth-order valence-electron chi connectivity index (χ4n) is 3.21. The van der Waals surface area contributed by atoms with E-state index in [0.29, 0.717) is 28.2 Å². The Kier molecular flexibility index (Phi) is 5.88. The summed E-state index contributed by atoms with van der Waals surface area (Å²) in [5.41, 5.74) is 1.70. The van der Waals surface area contributed by atoms with Crippen LogP contribution >= 0.6 is 23.2 Å². The lowest BCUT2D eigenvalue weighted by atomic mass is 10.1. The van der Waals surface area contributed by atoms with Gasteiger partial charge in [-0.2, -0.15) is 0 Å². The van der Waals surface area contributed by atoms with Crippen LogP contribution in [-0.4, -0.2) is 33.3 Å². The molecule has 1 N–H and O–H groups in total. The van der Waals surface area contributed by atoms with Crippen molar-refractivity contribution in [3.63, 3.8) is 0 Å². The number of methoxy groups -OCH3 is 1. The Balaban J connectivity index is 1.78. The number of aromatic nitrogens is 3. The number of hydrogen-bond donors (Lipinski definition) is 1. The number of fused-ring (bicyclic) bond motifs is 1. The maximum absolute atomic E-state index is 13.1. The molecule has 4 rings (SSSR count). The molecule has 156 valence electrons. The second kappa shape index (κ2) is 8.75. The van der Waals surface area contributed by atoms with Crippen LogP contribution in [0.25, 0.3) is 10.9 Å². The predicted molar refractivity (Wildman–Crippen MR) is 119 cm³/mol. The molecule has 0 spiro atoms. The van der Waals surface area contributed by atoms with E-state index < -0.39 is 11.7 Å². The van der Waals surface area contributed by atoms with Crippen molar-refractivity contribution in [2.75, 3.05) is 12.4 Å². The second-order valence-electron chi connectivity index (χ2n) is 6.62. The minimum absolute atomic E-state index is 0.0273. The highest BCUT2D eigenvalue weighted by Gasteiger charge is 2.27. The van der Waals surface area contributed by atoms with Crippen molar-refractivity contribution in [2.45, 2.75) is 6.54 Å². The van der Waals surface area contributed by atoms with E-state index >= 15 is 0 Å². The molecule has 1 amide bonds. The number of halogens is 2. The van der Waals surface area contributed by atoms with Crippen molar-refractivity contribution in [3.8, 4) is 5.75 Å². The maximum atomic E-state index is 13.1. The second-order valence-corrected chi connectivity index (χ2v) is 7.41. The van der Waals surface area contributed by atoms with Crippen LogP contribution in [0.3, 0.4) is 0 Å². The van der Waals surface area contributed by atoms with Gasteiger partial charge >= 0.3 is 0 Å². The van der Waals surface area contributed by atoms with E-state index in [9.17, 15) is 9.59 Å². The zero-order valence-electron chi connectivity index (χ0n) is 16.3. The molecule has 2 heterocycles. The zero-order valence-corrected chi connectivity index (χ0v) is 17.8. The Labute approximate surface area is 187 Å². The van der Waals surface area contributed by atoms with Crippen LogP contribution in [0, 0.1) is 0 Å². The third-order valence-corrected chi connectivity index (χ3v) is 5.33. The maximum Gasteiger partial charge on any atom is 0.299 e. The third-order valence-electron chi connectivity index (χ3n) is 4.69. The van der Waals surface area contributed by atoms with Gasteiger partial charge in [-0.15, -0.1) is 0 Å². The molecule has 4 aromatic rings. The molecule has 2 aromatic carbocycles. The number of ether oxygens (including phenoxy) is 1. The van der Waals surface area contributed by atoms with Crippen LogP contribution in [0.5, 0.6) is 5.75 Å². The number of benzene rings is 2. The normalized spacial score (nSPS) is 10.8. The molecule has 0 bridgehead atoms. The first kappa shape index (κ1) is 20.8. The summed E-state index contributed by atoms with van der Waals surface area (Å²) in [5, 5.41) is 3.67. The van der Waals surface area contributed by atoms with E-state index in [1.807, 2.05) is 12.1 Å². The average Bonchev–Trinajstić information content (AvgIpc) is 3.05. The van der Waals surface area contributed by atoms with E-state index in [1.165, 1.54) is 19.5 Å². The molecule has 0 fully saturated rings. The van der Waals surface area contributed by atoms with Gasteiger partial charge in [-0.3, -0.25) is 14.9 Å². The number of Topliss-reactive ketones (excluding diaryl/α,β-unsaturated/α-hetero) is 1. The largest absolute Gasteiger partial charge is 0.497 e. The van der Waals surface area contributed by atoms with Crippen LogP contribution < -0.4 is 10.1 Å². The number of nitrogens with zero attached hydrogens (tertiary/aromatic N) is 3. The van der Waals surface area contributed by atoms with Gasteiger partial charge in [-0.1, -0.05) is 35.3 Å². The van der Waals surface area contributed by atoms with Crippen LogP contribution in [0.2, 0.25) is 10.2 Å². The summed E-state index contributed by atoms with van der Waals surface area (Å²) in [4.78, 5) is 33.5. The summed E-state index contributed by atoms with van der Waals surface area (Å²) in [7, 11) is 1.52. The fraction of sp³-hybridized carbons (Fsp3) is 0.0909. The van der Waals surface area contributed by atoms with Crippen molar-refractivity contribution in [3.05, 3.63) is 82.2 Å². The number of ketones is 1. The standard InChI is InChI=1S/C22H16Cl2N4O3/c1-31-15-7-8-17-16(11-15)18(19(29)21(30)27-22-25-9-2-10-26-22)20(24)28(17)12-13-3-5-14(23)6-4-13/h2-11H,12H2,1H3,(H,25,26,27,30). The van der Waals surface area contributed by atoms with Crippen molar-refractivity contribution in [1.29, 1.82) is 0 Å². The summed E-state index contributed by atoms with van der Waals surface area (Å²) in [5.74, 6) is -1.12. The van der Waals surface area contributed by atoms with Gasteiger partial charge in [0.05, 0.1) is 18.2 Å². The molecule has 0 radical (unpaired) electrons. The van der Waals surface area contributed by atoms with Gasteiger partial charge in [-0.05, 0) is 42.0 Å². The number of anilines is 1. The Hall–Kier alpha value is -3.42. The van der Waals surface area contributed by atoms with Gasteiger partial charge in [0.1, 0.15) is 10.9 Å². The molecule has 0 saturated carbocycles. The molecule has 2 aromatic heterocycles. The smallest absolute Gasteiger partial charge is 0.299 e. The van der Waals surface area contributed by atoms with Gasteiger partial charge in [0.15, 0.2) is 0 Å². The van der Waals surface area contributed by atoms with Gasteiger partial charge in [-0.25, -0.2) is 9.97 Å². The average molecular weight is 455 g/mol. The van der Waals surface area contributed by atoms with Gasteiger partial charge in [0, 0.05) is 29.3 Å². The quantitative estimate of drug-likeness (QED) is 0.339. The van der Waals surface area contributed by atoms with Crippen molar-refractivity contribution in [1.82, 2.24) is 14.5 Å². The molecular formula is C22H16Cl2N4O3. The van der Waals surface area contributed by atoms with Crippen molar-refractivity contribution >= 4 is 51.7 Å². The van der Waals surface area contributed by atoms with E-state index in [4.69, 9.17) is 27.9 Å². The van der Waals surface area contributed by atoms with Crippen LogP contribution in [0.1, 0.15) is 15.9 Å². The Morgan fingerprint density at radius 2 is 1.77 bits per heavy atom. The predicted octanol–water partition coefficient (Wildman–Crippen LogP) is 4.62. The Morgan fingerprint density at radius 1 is 1.06 bits per heavy atom. The first-order valence-electron chi connectivity index (χ1n) is 9.21. The number of rotatable bonds is 6. The highest BCUT2D eigenvalue weighted by Crippen LogP contribution is 2.34. The minimum atomic E-state index is -0.888. The fourth-order valence-corrected chi connectivity index (χ4v) is 3.67. The van der Waals surface area contributed by atoms with Gasteiger partial charge in [0.25, 0.3) is 11.7 Å². The lowest BCUT2D eigenvalue weighted by Gasteiger charge is -2.08. The monoisotopic (exact) mass is 454 g/mol. The van der Waals surface area contributed by atoms with Crippen molar-refractivity contribution < 1.29 is 14.3 Å². The van der Waals surface area contributed by atoms with Crippen LogP contribution in [0.15, 0.2) is 60.9 Å². The molecule has 0 atom stereocenters. The summed E-state index contributed by atoms with van der Waals surface area (Å²) in [6.45, 7) is 0.384. The molecule has 31 heavy (non-hydrogen) atoms. The van der Waals surface area contributed by atoms with E-state index in [-0.39, 0.29) is 16.7 Å². The summed E-state index contributed by atoms with van der Waals surface area (Å²) >= 11 is 12.6. The number of carbonyl (C=O) groups excluding carboxylic acids is 2. The summed E-state index contributed by atoms with van der Waals surface area (Å²) < 4.78 is 7.06. The summed E-state index contributed by atoms with van der Waals surface area (Å²) in [6, 6.07) is 14.1. The number of carbonyl (C=O) groups is 2. The molecule has 9 heteroatoms. The molecule has 0 aliphatic rings. The van der Waals surface area contributed by atoms with Gasteiger partial charge < -0.3 is 9.30 Å². The summed E-state index contributed by atoms with van der Waals surface area (Å²) in [6.07, 6.45) is 2.92. The third kappa shape index (κ3) is 4.23. The molecule has 0 aliphatic heterocycles. The lowest BCUT2D eigenvalue weighted by molar-refractivity contribution is -0.112. The molecule has 0 aliphatic carbocycles. The Morgan fingerprint density at radius 3 is 2.45 bits per heavy atom. The first-order valence-corrected chi connectivity index (χ1v) is 9.96. The van der Waals surface area contributed by atoms with Crippen LogP contribution in [0.4, 0.5) is 5.95 Å².